The third-order valence-electron chi connectivity index (χ3n) is 4.88. The second kappa shape index (κ2) is 6.63. The Hall–Kier alpha value is -2.99. The summed E-state index contributed by atoms with van der Waals surface area (Å²) in [4.78, 5) is 24.3. The van der Waals surface area contributed by atoms with Crippen LogP contribution in [0.15, 0.2) is 42.5 Å². The second-order valence-corrected chi connectivity index (χ2v) is 7.01. The lowest BCUT2D eigenvalue weighted by Gasteiger charge is -2.27. The van der Waals surface area contributed by atoms with Crippen molar-refractivity contribution in [1.29, 1.82) is 0 Å². The maximum atomic E-state index is 12.9. The number of nitrogens with two attached hydrogens (primary N) is 1. The minimum Gasteiger partial charge on any atom is -0.493 e. The maximum Gasteiger partial charge on any atom is 0.268 e. The normalized spacial score (nSPS) is 15.9. The third-order valence-corrected chi connectivity index (χ3v) is 5.12. The summed E-state index contributed by atoms with van der Waals surface area (Å²) in [7, 11) is 1.84. The number of ether oxygens (including phenoxy) is 1. The third kappa shape index (κ3) is 3.13. The molecule has 3 aromatic rings. The van der Waals surface area contributed by atoms with Crippen LogP contribution < -0.4 is 15.8 Å². The number of aromatic nitrogens is 1. The molecule has 138 valence electrons. The Kier molecular flexibility index (Phi) is 4.28. The largest absolute Gasteiger partial charge is 0.493 e. The number of carbonyl (C=O) groups excluding carboxylic acids is 2. The number of primary amides is 1. The summed E-state index contributed by atoms with van der Waals surface area (Å²) in [6, 6.07) is 12.2. The molecule has 2 aromatic carbocycles. The minimum absolute atomic E-state index is 0.179. The average Bonchev–Trinajstić information content (AvgIpc) is 2.98. The number of hydrogen-bond donors (Lipinski definition) is 2. The van der Waals surface area contributed by atoms with Gasteiger partial charge in [0, 0.05) is 40.5 Å². The van der Waals surface area contributed by atoms with Crippen LogP contribution in [-0.4, -0.2) is 23.0 Å². The molecule has 2 amide bonds. The number of benzene rings is 2. The summed E-state index contributed by atoms with van der Waals surface area (Å²) in [5.41, 5.74) is 7.99. The van der Waals surface area contributed by atoms with Crippen LogP contribution in [0.25, 0.3) is 10.9 Å². The van der Waals surface area contributed by atoms with Gasteiger partial charge in [0.1, 0.15) is 11.4 Å². The number of aryl methyl sites for hydroxylation is 1. The number of rotatable bonds is 3. The van der Waals surface area contributed by atoms with E-state index in [0.717, 1.165) is 16.5 Å². The summed E-state index contributed by atoms with van der Waals surface area (Å²) in [5.74, 6) is -0.116. The summed E-state index contributed by atoms with van der Waals surface area (Å²) in [6.07, 6.45) is 0.643. The van der Waals surface area contributed by atoms with E-state index in [0.29, 0.717) is 35.1 Å². The monoisotopic (exact) mass is 383 g/mol. The number of halogens is 1. The van der Waals surface area contributed by atoms with Crippen LogP contribution in [0.3, 0.4) is 0 Å². The SMILES string of the molecule is Cn1c(C(=O)N[C@H]2CCOc3cc(C(N)=O)ccc32)cc2ccc(Cl)cc21. The average molecular weight is 384 g/mol. The molecule has 1 atom stereocenters. The molecule has 27 heavy (non-hydrogen) atoms. The van der Waals surface area contributed by atoms with Crippen molar-refractivity contribution in [2.24, 2.45) is 12.8 Å². The van der Waals surface area contributed by atoms with E-state index < -0.39 is 5.91 Å². The molecule has 0 saturated carbocycles. The molecule has 2 heterocycles. The Morgan fingerprint density at radius 1 is 1.22 bits per heavy atom. The van der Waals surface area contributed by atoms with Crippen molar-refractivity contribution in [3.05, 3.63) is 64.3 Å². The Bertz CT molecular complexity index is 1070. The van der Waals surface area contributed by atoms with E-state index in [9.17, 15) is 9.59 Å². The van der Waals surface area contributed by atoms with Crippen molar-refractivity contribution in [2.75, 3.05) is 6.61 Å². The van der Waals surface area contributed by atoms with E-state index in [1.165, 1.54) is 0 Å². The molecule has 0 fully saturated rings. The molecule has 0 spiro atoms. The van der Waals surface area contributed by atoms with Gasteiger partial charge in [0.25, 0.3) is 5.91 Å². The Morgan fingerprint density at radius 3 is 2.81 bits per heavy atom. The zero-order valence-electron chi connectivity index (χ0n) is 14.7. The van der Waals surface area contributed by atoms with Crippen LogP contribution in [0.5, 0.6) is 5.75 Å². The fourth-order valence-corrected chi connectivity index (χ4v) is 3.61. The number of nitrogens with one attached hydrogen (secondary N) is 1. The van der Waals surface area contributed by atoms with Crippen LogP contribution in [0, 0.1) is 0 Å². The molecule has 1 aliphatic heterocycles. The Balaban J connectivity index is 1.63. The van der Waals surface area contributed by atoms with E-state index >= 15 is 0 Å². The van der Waals surface area contributed by atoms with Crippen LogP contribution >= 0.6 is 11.6 Å². The Labute approximate surface area is 160 Å². The van der Waals surface area contributed by atoms with Crippen molar-refractivity contribution in [2.45, 2.75) is 12.5 Å². The van der Waals surface area contributed by atoms with E-state index in [2.05, 4.69) is 5.32 Å². The number of hydrogen-bond acceptors (Lipinski definition) is 3. The summed E-state index contributed by atoms with van der Waals surface area (Å²) in [5, 5.41) is 4.64. The topological polar surface area (TPSA) is 86.3 Å². The first kappa shape index (κ1) is 17.4. The van der Waals surface area contributed by atoms with Crippen LogP contribution in [-0.2, 0) is 7.05 Å². The summed E-state index contributed by atoms with van der Waals surface area (Å²) in [6.45, 7) is 0.449. The van der Waals surface area contributed by atoms with Gasteiger partial charge in [-0.25, -0.2) is 0 Å². The summed E-state index contributed by atoms with van der Waals surface area (Å²) >= 11 is 6.07. The highest BCUT2D eigenvalue weighted by Gasteiger charge is 2.25. The highest BCUT2D eigenvalue weighted by atomic mass is 35.5. The van der Waals surface area contributed by atoms with Crippen LogP contribution in [0.1, 0.15) is 38.9 Å². The van der Waals surface area contributed by atoms with Gasteiger partial charge in [-0.05, 0) is 30.3 Å². The van der Waals surface area contributed by atoms with Crippen molar-refractivity contribution in [1.82, 2.24) is 9.88 Å². The zero-order valence-corrected chi connectivity index (χ0v) is 15.4. The van der Waals surface area contributed by atoms with Gasteiger partial charge in [-0.3, -0.25) is 9.59 Å². The molecule has 0 bridgehead atoms. The number of amides is 2. The molecule has 7 heteroatoms. The fraction of sp³-hybridized carbons (Fsp3) is 0.200. The highest BCUT2D eigenvalue weighted by Crippen LogP contribution is 2.33. The van der Waals surface area contributed by atoms with Crippen molar-refractivity contribution < 1.29 is 14.3 Å². The molecule has 1 aromatic heterocycles. The molecule has 1 aliphatic rings. The van der Waals surface area contributed by atoms with Gasteiger partial charge in [0.15, 0.2) is 0 Å². The molecule has 0 saturated heterocycles. The fourth-order valence-electron chi connectivity index (χ4n) is 3.45. The molecular weight excluding hydrogens is 366 g/mol. The predicted molar refractivity (Wildman–Crippen MR) is 103 cm³/mol. The van der Waals surface area contributed by atoms with E-state index in [1.807, 2.05) is 29.8 Å². The van der Waals surface area contributed by atoms with Gasteiger partial charge >= 0.3 is 0 Å². The molecule has 0 radical (unpaired) electrons. The van der Waals surface area contributed by atoms with Gasteiger partial charge in [0.2, 0.25) is 5.91 Å². The molecule has 3 N–H and O–H groups in total. The number of fused-ring (bicyclic) bond motifs is 2. The lowest BCUT2D eigenvalue weighted by molar-refractivity contribution is 0.0915. The first-order valence-electron chi connectivity index (χ1n) is 8.56. The zero-order chi connectivity index (χ0) is 19.1. The first-order chi connectivity index (χ1) is 12.9. The number of carbonyl (C=O) groups is 2. The van der Waals surface area contributed by atoms with Crippen molar-refractivity contribution in [3.8, 4) is 5.75 Å². The van der Waals surface area contributed by atoms with Gasteiger partial charge < -0.3 is 20.4 Å². The van der Waals surface area contributed by atoms with Crippen LogP contribution in [0.2, 0.25) is 5.02 Å². The van der Waals surface area contributed by atoms with Gasteiger partial charge in [-0.15, -0.1) is 0 Å². The van der Waals surface area contributed by atoms with E-state index in [-0.39, 0.29) is 11.9 Å². The van der Waals surface area contributed by atoms with E-state index in [1.54, 1.807) is 24.3 Å². The molecule has 0 unspecified atom stereocenters. The minimum atomic E-state index is -0.512. The highest BCUT2D eigenvalue weighted by molar-refractivity contribution is 6.31. The number of nitrogens with zero attached hydrogens (tertiary/aromatic N) is 1. The smallest absolute Gasteiger partial charge is 0.268 e. The van der Waals surface area contributed by atoms with Gasteiger partial charge in [-0.1, -0.05) is 23.7 Å². The summed E-state index contributed by atoms with van der Waals surface area (Å²) < 4.78 is 7.46. The maximum absolute atomic E-state index is 12.9. The predicted octanol–water partition coefficient (Wildman–Crippen LogP) is 3.18. The molecule has 4 rings (SSSR count). The van der Waals surface area contributed by atoms with E-state index in [4.69, 9.17) is 22.1 Å². The van der Waals surface area contributed by atoms with Crippen molar-refractivity contribution >= 4 is 34.3 Å². The first-order valence-corrected chi connectivity index (χ1v) is 8.94. The second-order valence-electron chi connectivity index (χ2n) is 6.57. The lowest BCUT2D eigenvalue weighted by atomic mass is 9.98. The molecule has 6 nitrogen and oxygen atoms in total. The molecule has 0 aliphatic carbocycles. The standard InChI is InChI=1S/C20H18ClN3O3/c1-24-16-10-13(21)4-2-11(16)8-17(24)20(26)23-15-6-7-27-18-9-12(19(22)25)3-5-14(15)18/h2-5,8-10,15H,6-7H2,1H3,(H2,22,25)(H,23,26)/t15-/m0/s1. The van der Waals surface area contributed by atoms with Gasteiger partial charge in [-0.2, -0.15) is 0 Å². The lowest BCUT2D eigenvalue weighted by Crippen LogP contribution is -2.33. The van der Waals surface area contributed by atoms with Crippen LogP contribution in [0.4, 0.5) is 0 Å². The molecular formula is C20H18ClN3O3. The van der Waals surface area contributed by atoms with Gasteiger partial charge in [0.05, 0.1) is 12.6 Å². The quantitative estimate of drug-likeness (QED) is 0.728. The van der Waals surface area contributed by atoms with Crippen molar-refractivity contribution in [3.63, 3.8) is 0 Å². The Morgan fingerprint density at radius 2 is 2.04 bits per heavy atom.